The van der Waals surface area contributed by atoms with Crippen LogP contribution in [0, 0.1) is 0 Å². The molecule has 0 aliphatic carbocycles. The topological polar surface area (TPSA) is 47.0 Å². The molecule has 3 aromatic rings. The second kappa shape index (κ2) is 5.57. The minimum Gasteiger partial charge on any atom is -0.497 e. The molecule has 100 valence electrons. The van der Waals surface area contributed by atoms with E-state index >= 15 is 0 Å². The highest BCUT2D eigenvalue weighted by molar-refractivity contribution is 5.90. The molecule has 0 amide bonds. The zero-order valence-corrected chi connectivity index (χ0v) is 11.2. The summed E-state index contributed by atoms with van der Waals surface area (Å²) in [6.45, 7) is 0.680. The predicted molar refractivity (Wildman–Crippen MR) is 79.9 cm³/mol. The lowest BCUT2D eigenvalue weighted by molar-refractivity contribution is 0.414. The fourth-order valence-electron chi connectivity index (χ4n) is 2.13. The van der Waals surface area contributed by atoms with Crippen LogP contribution in [0.2, 0.25) is 0 Å². The van der Waals surface area contributed by atoms with Crippen molar-refractivity contribution in [3.8, 4) is 5.75 Å². The third-order valence-electron chi connectivity index (χ3n) is 3.16. The van der Waals surface area contributed by atoms with Crippen LogP contribution >= 0.6 is 0 Å². The summed E-state index contributed by atoms with van der Waals surface area (Å²) in [6.07, 6.45) is 1.77. The van der Waals surface area contributed by atoms with Crippen molar-refractivity contribution in [1.82, 2.24) is 10.2 Å². The van der Waals surface area contributed by atoms with Crippen LogP contribution in [-0.2, 0) is 6.54 Å². The van der Waals surface area contributed by atoms with E-state index in [0.717, 1.165) is 27.9 Å². The maximum atomic E-state index is 5.22. The first kappa shape index (κ1) is 12.4. The molecule has 1 heterocycles. The lowest BCUT2D eigenvalue weighted by Crippen LogP contribution is -2.03. The fraction of sp³-hybridized carbons (Fsp3) is 0.125. The maximum Gasteiger partial charge on any atom is 0.156 e. The number of nitrogens with one attached hydrogen (secondary N) is 1. The van der Waals surface area contributed by atoms with Crippen molar-refractivity contribution >= 4 is 16.6 Å². The van der Waals surface area contributed by atoms with Crippen molar-refractivity contribution in [3.05, 3.63) is 60.3 Å². The number of aromatic nitrogens is 2. The van der Waals surface area contributed by atoms with Gasteiger partial charge in [-0.3, -0.25) is 0 Å². The van der Waals surface area contributed by atoms with Gasteiger partial charge in [-0.2, -0.15) is 5.10 Å². The number of benzene rings is 2. The van der Waals surface area contributed by atoms with Crippen molar-refractivity contribution in [3.63, 3.8) is 0 Å². The van der Waals surface area contributed by atoms with Gasteiger partial charge in [0, 0.05) is 17.3 Å². The van der Waals surface area contributed by atoms with Crippen molar-refractivity contribution in [2.45, 2.75) is 6.54 Å². The third kappa shape index (κ3) is 2.54. The zero-order chi connectivity index (χ0) is 13.8. The van der Waals surface area contributed by atoms with Crippen LogP contribution in [0.4, 0.5) is 5.82 Å². The number of hydrogen-bond donors (Lipinski definition) is 1. The Kier molecular flexibility index (Phi) is 3.46. The van der Waals surface area contributed by atoms with Crippen molar-refractivity contribution in [1.29, 1.82) is 0 Å². The molecule has 0 saturated heterocycles. The Hall–Kier alpha value is -2.62. The normalized spacial score (nSPS) is 10.4. The summed E-state index contributed by atoms with van der Waals surface area (Å²) < 4.78 is 5.22. The standard InChI is InChI=1S/C16H15N3O/c1-20-14-7-4-5-12(9-14)10-17-16-15-8-3-2-6-13(15)11-18-19-16/h2-9,11H,10H2,1H3,(H,17,19). The second-order valence-electron chi connectivity index (χ2n) is 4.49. The quantitative estimate of drug-likeness (QED) is 0.786. The number of hydrogen-bond acceptors (Lipinski definition) is 4. The summed E-state index contributed by atoms with van der Waals surface area (Å²) in [5, 5.41) is 13.7. The summed E-state index contributed by atoms with van der Waals surface area (Å²) in [4.78, 5) is 0. The van der Waals surface area contributed by atoms with Gasteiger partial charge in [-0.25, -0.2) is 0 Å². The highest BCUT2D eigenvalue weighted by Crippen LogP contribution is 2.20. The first-order valence-electron chi connectivity index (χ1n) is 6.44. The lowest BCUT2D eigenvalue weighted by Gasteiger charge is -2.08. The van der Waals surface area contributed by atoms with Crippen LogP contribution in [0.25, 0.3) is 10.8 Å². The Morgan fingerprint density at radius 2 is 2.00 bits per heavy atom. The Morgan fingerprint density at radius 3 is 2.90 bits per heavy atom. The molecule has 0 saturated carbocycles. The summed E-state index contributed by atoms with van der Waals surface area (Å²) in [5.41, 5.74) is 1.14. The molecule has 0 unspecified atom stereocenters. The summed E-state index contributed by atoms with van der Waals surface area (Å²) >= 11 is 0. The molecule has 0 radical (unpaired) electrons. The van der Waals surface area contributed by atoms with Gasteiger partial charge in [-0.15, -0.1) is 5.10 Å². The van der Waals surface area contributed by atoms with Gasteiger partial charge in [0.25, 0.3) is 0 Å². The van der Waals surface area contributed by atoms with Crippen molar-refractivity contribution in [2.75, 3.05) is 12.4 Å². The van der Waals surface area contributed by atoms with E-state index in [1.54, 1.807) is 13.3 Å². The van der Waals surface area contributed by atoms with Gasteiger partial charge in [0.2, 0.25) is 0 Å². The average molecular weight is 265 g/mol. The van der Waals surface area contributed by atoms with Gasteiger partial charge >= 0.3 is 0 Å². The molecule has 4 nitrogen and oxygen atoms in total. The Labute approximate surface area is 117 Å². The SMILES string of the molecule is COc1cccc(CNc2nncc3ccccc23)c1. The zero-order valence-electron chi connectivity index (χ0n) is 11.2. The van der Waals surface area contributed by atoms with E-state index in [4.69, 9.17) is 4.74 Å². The third-order valence-corrected chi connectivity index (χ3v) is 3.16. The van der Waals surface area contributed by atoms with Gasteiger partial charge in [-0.05, 0) is 17.7 Å². The van der Waals surface area contributed by atoms with Gasteiger partial charge in [-0.1, -0.05) is 36.4 Å². The molecular formula is C16H15N3O. The van der Waals surface area contributed by atoms with E-state index < -0.39 is 0 Å². The molecule has 20 heavy (non-hydrogen) atoms. The lowest BCUT2D eigenvalue weighted by atomic mass is 10.2. The van der Waals surface area contributed by atoms with Crippen molar-refractivity contribution < 1.29 is 4.74 Å². The molecule has 0 aliphatic rings. The number of anilines is 1. The van der Waals surface area contributed by atoms with Crippen LogP contribution in [0.3, 0.4) is 0 Å². The van der Waals surface area contributed by atoms with Crippen LogP contribution in [0.1, 0.15) is 5.56 Å². The van der Waals surface area contributed by atoms with Gasteiger partial charge in [0.05, 0.1) is 13.3 Å². The van der Waals surface area contributed by atoms with E-state index in [0.29, 0.717) is 6.54 Å². The molecular weight excluding hydrogens is 250 g/mol. The van der Waals surface area contributed by atoms with Crippen LogP contribution < -0.4 is 10.1 Å². The average Bonchev–Trinajstić information content (AvgIpc) is 2.53. The minimum absolute atomic E-state index is 0.680. The molecule has 0 spiro atoms. The van der Waals surface area contributed by atoms with Crippen LogP contribution in [-0.4, -0.2) is 17.3 Å². The molecule has 1 aromatic heterocycles. The molecule has 4 heteroatoms. The first-order valence-corrected chi connectivity index (χ1v) is 6.44. The molecule has 0 bridgehead atoms. The molecule has 0 atom stereocenters. The molecule has 3 rings (SSSR count). The Balaban J connectivity index is 1.83. The maximum absolute atomic E-state index is 5.22. The highest BCUT2D eigenvalue weighted by Gasteiger charge is 2.03. The molecule has 1 N–H and O–H groups in total. The summed E-state index contributed by atoms with van der Waals surface area (Å²) in [7, 11) is 1.67. The predicted octanol–water partition coefficient (Wildman–Crippen LogP) is 3.25. The fourth-order valence-corrected chi connectivity index (χ4v) is 2.13. The minimum atomic E-state index is 0.680. The van der Waals surface area contributed by atoms with Gasteiger partial charge < -0.3 is 10.1 Å². The monoisotopic (exact) mass is 265 g/mol. The summed E-state index contributed by atoms with van der Waals surface area (Å²) in [6, 6.07) is 16.0. The van der Waals surface area contributed by atoms with E-state index in [9.17, 15) is 0 Å². The second-order valence-corrected chi connectivity index (χ2v) is 4.49. The molecule has 0 fully saturated rings. The van der Waals surface area contributed by atoms with Gasteiger partial charge in [0.1, 0.15) is 5.75 Å². The number of ether oxygens (including phenoxy) is 1. The first-order chi connectivity index (χ1) is 9.86. The Bertz CT molecular complexity index is 722. The largest absolute Gasteiger partial charge is 0.497 e. The van der Waals surface area contributed by atoms with E-state index in [2.05, 4.69) is 15.5 Å². The van der Waals surface area contributed by atoms with E-state index in [1.807, 2.05) is 48.5 Å². The number of fused-ring (bicyclic) bond motifs is 1. The molecule has 0 aliphatic heterocycles. The van der Waals surface area contributed by atoms with Crippen LogP contribution in [0.5, 0.6) is 5.75 Å². The van der Waals surface area contributed by atoms with Crippen molar-refractivity contribution in [2.24, 2.45) is 0 Å². The molecule has 2 aromatic carbocycles. The number of nitrogens with zero attached hydrogens (tertiary/aromatic N) is 2. The van der Waals surface area contributed by atoms with Crippen LogP contribution in [0.15, 0.2) is 54.7 Å². The highest BCUT2D eigenvalue weighted by atomic mass is 16.5. The number of rotatable bonds is 4. The Morgan fingerprint density at radius 1 is 1.10 bits per heavy atom. The van der Waals surface area contributed by atoms with E-state index in [1.165, 1.54) is 0 Å². The van der Waals surface area contributed by atoms with E-state index in [-0.39, 0.29) is 0 Å². The summed E-state index contributed by atoms with van der Waals surface area (Å²) in [5.74, 6) is 1.65. The smallest absolute Gasteiger partial charge is 0.156 e. The number of methoxy groups -OCH3 is 1. The van der Waals surface area contributed by atoms with Gasteiger partial charge in [0.15, 0.2) is 5.82 Å².